The fourth-order valence-electron chi connectivity index (χ4n) is 2.83. The molecule has 0 saturated heterocycles. The van der Waals surface area contributed by atoms with Crippen molar-refractivity contribution in [3.05, 3.63) is 77.3 Å². The van der Waals surface area contributed by atoms with Gasteiger partial charge in [-0.25, -0.2) is 13.4 Å². The van der Waals surface area contributed by atoms with Gasteiger partial charge in [-0.3, -0.25) is 9.52 Å². The summed E-state index contributed by atoms with van der Waals surface area (Å²) in [6.07, 6.45) is 0. The number of benzene rings is 3. The summed E-state index contributed by atoms with van der Waals surface area (Å²) in [4.78, 5) is 16.7. The van der Waals surface area contributed by atoms with Crippen molar-refractivity contribution in [3.8, 4) is 5.75 Å². The van der Waals surface area contributed by atoms with Crippen molar-refractivity contribution in [2.75, 3.05) is 17.6 Å². The lowest BCUT2D eigenvalue weighted by molar-refractivity contribution is 0.102. The minimum absolute atomic E-state index is 0.0444. The number of carbonyl (C=O) groups is 1. The Bertz CT molecular complexity index is 1370. The maximum atomic E-state index is 12.7. The maximum absolute atomic E-state index is 12.7. The average Bonchev–Trinajstić information content (AvgIpc) is 3.20. The van der Waals surface area contributed by atoms with Crippen molar-refractivity contribution in [1.29, 1.82) is 0 Å². The number of ether oxygens (including phenoxy) is 1. The molecule has 0 fully saturated rings. The zero-order valence-electron chi connectivity index (χ0n) is 16.7. The second kappa shape index (κ2) is 9.23. The van der Waals surface area contributed by atoms with Crippen LogP contribution in [0.25, 0.3) is 11.1 Å². The van der Waals surface area contributed by atoms with Gasteiger partial charge in [0, 0.05) is 16.3 Å². The second-order valence-corrected chi connectivity index (χ2v) is 9.71. The van der Waals surface area contributed by atoms with Crippen LogP contribution < -0.4 is 9.46 Å². The van der Waals surface area contributed by atoms with E-state index in [1.807, 2.05) is 0 Å². The van der Waals surface area contributed by atoms with Gasteiger partial charge in [0.15, 0.2) is 11.4 Å². The molecule has 4 aromatic rings. The third-order valence-electron chi connectivity index (χ3n) is 4.48. The van der Waals surface area contributed by atoms with Gasteiger partial charge in [-0.15, -0.1) is 0 Å². The molecule has 3 aromatic carbocycles. The third kappa shape index (κ3) is 5.07. The average molecular weight is 489 g/mol. The lowest BCUT2D eigenvalue weighted by atomic mass is 10.1. The smallest absolute Gasteiger partial charge is 0.261 e. The SMILES string of the molecule is COc1ccc(NS(=O)(=O)c2ccc3oc(SCC(=O)c4ccc(Cl)cc4)nc3c2)cc1. The number of carbonyl (C=O) groups excluding carboxylic acids is 1. The Morgan fingerprint density at radius 3 is 2.50 bits per heavy atom. The lowest BCUT2D eigenvalue weighted by Crippen LogP contribution is -2.12. The van der Waals surface area contributed by atoms with Crippen LogP contribution in [0.5, 0.6) is 5.75 Å². The van der Waals surface area contributed by atoms with Crippen LogP contribution in [0.15, 0.2) is 81.3 Å². The van der Waals surface area contributed by atoms with Crippen molar-refractivity contribution in [3.63, 3.8) is 0 Å². The topological polar surface area (TPSA) is 98.5 Å². The maximum Gasteiger partial charge on any atom is 0.261 e. The van der Waals surface area contributed by atoms with E-state index in [1.165, 1.54) is 25.3 Å². The van der Waals surface area contributed by atoms with E-state index in [1.54, 1.807) is 48.5 Å². The quantitative estimate of drug-likeness (QED) is 0.266. The first-order chi connectivity index (χ1) is 15.3. The first-order valence-corrected chi connectivity index (χ1v) is 12.2. The van der Waals surface area contributed by atoms with Gasteiger partial charge in [0.25, 0.3) is 15.2 Å². The van der Waals surface area contributed by atoms with Crippen LogP contribution >= 0.6 is 23.4 Å². The molecule has 1 N–H and O–H groups in total. The Morgan fingerprint density at radius 2 is 1.81 bits per heavy atom. The van der Waals surface area contributed by atoms with Crippen molar-refractivity contribution in [2.24, 2.45) is 0 Å². The highest BCUT2D eigenvalue weighted by Gasteiger charge is 2.17. The number of anilines is 1. The summed E-state index contributed by atoms with van der Waals surface area (Å²) in [5, 5.41) is 0.834. The number of nitrogens with zero attached hydrogens (tertiary/aromatic N) is 1. The molecule has 10 heteroatoms. The van der Waals surface area contributed by atoms with Crippen LogP contribution in [0.1, 0.15) is 10.4 Å². The van der Waals surface area contributed by atoms with Crippen LogP contribution in [0.2, 0.25) is 5.02 Å². The first kappa shape index (κ1) is 22.2. The summed E-state index contributed by atoms with van der Waals surface area (Å²) in [5.74, 6) is 0.649. The summed E-state index contributed by atoms with van der Waals surface area (Å²) in [6, 6.07) is 17.6. The number of sulfonamides is 1. The monoisotopic (exact) mass is 488 g/mol. The Labute approximate surface area is 193 Å². The minimum Gasteiger partial charge on any atom is -0.497 e. The van der Waals surface area contributed by atoms with Gasteiger partial charge < -0.3 is 9.15 Å². The standard InChI is InChI=1S/C22H17ClN2O5S2/c1-29-17-8-6-16(7-9-17)25-32(27,28)18-10-11-21-19(12-18)24-22(30-21)31-13-20(26)14-2-4-15(23)5-3-14/h2-12,25H,13H2,1H3. The Morgan fingerprint density at radius 1 is 1.09 bits per heavy atom. The highest BCUT2D eigenvalue weighted by Crippen LogP contribution is 2.27. The van der Waals surface area contributed by atoms with E-state index in [2.05, 4.69) is 9.71 Å². The normalized spacial score (nSPS) is 11.4. The number of hydrogen-bond donors (Lipinski definition) is 1. The van der Waals surface area contributed by atoms with Gasteiger partial charge in [-0.2, -0.15) is 0 Å². The first-order valence-electron chi connectivity index (χ1n) is 9.33. The van der Waals surface area contributed by atoms with E-state index in [0.717, 1.165) is 11.8 Å². The minimum atomic E-state index is -3.82. The number of oxazole rings is 1. The van der Waals surface area contributed by atoms with Gasteiger partial charge in [-0.1, -0.05) is 23.4 Å². The van der Waals surface area contributed by atoms with Crippen molar-refractivity contribution in [1.82, 2.24) is 4.98 Å². The Balaban J connectivity index is 1.48. The van der Waals surface area contributed by atoms with E-state index in [-0.39, 0.29) is 21.7 Å². The number of rotatable bonds is 8. The number of ketones is 1. The molecule has 0 radical (unpaired) electrons. The molecule has 4 rings (SSSR count). The van der Waals surface area contributed by atoms with Crippen molar-refractivity contribution < 1.29 is 22.4 Å². The van der Waals surface area contributed by atoms with Crippen LogP contribution in [0.3, 0.4) is 0 Å². The molecule has 0 bridgehead atoms. The van der Waals surface area contributed by atoms with Crippen molar-refractivity contribution >= 4 is 56.0 Å². The van der Waals surface area contributed by atoms with E-state index >= 15 is 0 Å². The molecule has 164 valence electrons. The van der Waals surface area contributed by atoms with Gasteiger partial charge in [0.05, 0.1) is 17.8 Å². The summed E-state index contributed by atoms with van der Waals surface area (Å²) in [6.45, 7) is 0. The number of halogens is 1. The van der Waals surface area contributed by atoms with E-state index < -0.39 is 10.0 Å². The predicted octanol–water partition coefficient (Wildman–Crippen LogP) is 5.27. The number of Topliss-reactive ketones (excluding diaryl/α,β-unsaturated/α-hetero) is 1. The summed E-state index contributed by atoms with van der Waals surface area (Å²) in [7, 11) is -2.29. The van der Waals surface area contributed by atoms with Crippen LogP contribution in [0, 0.1) is 0 Å². The largest absolute Gasteiger partial charge is 0.497 e. The van der Waals surface area contributed by atoms with Crippen LogP contribution in [0.4, 0.5) is 5.69 Å². The summed E-state index contributed by atoms with van der Waals surface area (Å²) >= 11 is 6.98. The summed E-state index contributed by atoms with van der Waals surface area (Å²) in [5.41, 5.74) is 1.75. The zero-order valence-corrected chi connectivity index (χ0v) is 19.1. The zero-order chi connectivity index (χ0) is 22.7. The molecule has 1 heterocycles. The molecule has 0 aliphatic carbocycles. The number of aromatic nitrogens is 1. The molecule has 1 aromatic heterocycles. The number of thioether (sulfide) groups is 1. The molecular formula is C22H17ClN2O5S2. The number of nitrogens with one attached hydrogen (secondary N) is 1. The van der Waals surface area contributed by atoms with Crippen LogP contribution in [-0.4, -0.2) is 32.0 Å². The fourth-order valence-corrected chi connectivity index (χ4v) is 4.77. The molecule has 0 spiro atoms. The predicted molar refractivity (Wildman–Crippen MR) is 124 cm³/mol. The Hall–Kier alpha value is -3.01. The van der Waals surface area contributed by atoms with E-state index in [0.29, 0.717) is 33.1 Å². The number of fused-ring (bicyclic) bond motifs is 1. The van der Waals surface area contributed by atoms with Gasteiger partial charge in [0.1, 0.15) is 11.3 Å². The number of hydrogen-bond acceptors (Lipinski definition) is 7. The molecule has 0 aliphatic heterocycles. The molecule has 0 atom stereocenters. The molecule has 0 aliphatic rings. The fraction of sp³-hybridized carbons (Fsp3) is 0.0909. The highest BCUT2D eigenvalue weighted by atomic mass is 35.5. The van der Waals surface area contributed by atoms with Crippen molar-refractivity contribution in [2.45, 2.75) is 10.1 Å². The van der Waals surface area contributed by atoms with E-state index in [4.69, 9.17) is 20.8 Å². The second-order valence-electron chi connectivity index (χ2n) is 6.66. The molecule has 0 amide bonds. The highest BCUT2D eigenvalue weighted by molar-refractivity contribution is 7.99. The molecule has 0 unspecified atom stereocenters. The third-order valence-corrected chi connectivity index (χ3v) is 6.94. The lowest BCUT2D eigenvalue weighted by Gasteiger charge is -2.08. The van der Waals surface area contributed by atoms with Crippen LogP contribution in [-0.2, 0) is 10.0 Å². The molecule has 0 saturated carbocycles. The molecule has 7 nitrogen and oxygen atoms in total. The molecular weight excluding hydrogens is 472 g/mol. The number of methoxy groups -OCH3 is 1. The van der Waals surface area contributed by atoms with Gasteiger partial charge >= 0.3 is 0 Å². The molecule has 32 heavy (non-hydrogen) atoms. The van der Waals surface area contributed by atoms with Gasteiger partial charge in [0.2, 0.25) is 0 Å². The Kier molecular flexibility index (Phi) is 6.40. The summed E-state index contributed by atoms with van der Waals surface area (Å²) < 4.78 is 38.7. The van der Waals surface area contributed by atoms with Gasteiger partial charge in [-0.05, 0) is 66.7 Å². The van der Waals surface area contributed by atoms with E-state index in [9.17, 15) is 13.2 Å².